The quantitative estimate of drug-likeness (QED) is 0.910. The zero-order chi connectivity index (χ0) is 13.8. The first-order chi connectivity index (χ1) is 9.15. The molecule has 0 radical (unpaired) electrons. The molecule has 0 aliphatic carbocycles. The summed E-state index contributed by atoms with van der Waals surface area (Å²) in [6, 6.07) is 3.36. The van der Waals surface area contributed by atoms with Crippen molar-refractivity contribution in [1.82, 2.24) is 9.80 Å². The maximum Gasteiger partial charge on any atom is 0.289 e. The molecule has 2 rings (SSSR count). The number of rotatable bonds is 4. The van der Waals surface area contributed by atoms with Crippen LogP contribution in [0, 0.1) is 0 Å². The number of furan rings is 1. The molecular weight excluding hydrogens is 268 g/mol. The highest BCUT2D eigenvalue weighted by Crippen LogP contribution is 2.17. The lowest BCUT2D eigenvalue weighted by Crippen LogP contribution is -2.52. The van der Waals surface area contributed by atoms with E-state index in [4.69, 9.17) is 16.0 Å². The molecule has 0 aromatic carbocycles. The van der Waals surface area contributed by atoms with Crippen LogP contribution in [0.5, 0.6) is 0 Å². The molecule has 106 valence electrons. The van der Waals surface area contributed by atoms with Crippen LogP contribution in [0.25, 0.3) is 0 Å². The Bertz CT molecular complexity index is 423. The Labute approximate surface area is 117 Å². The van der Waals surface area contributed by atoms with Gasteiger partial charge in [0.2, 0.25) is 0 Å². The number of halogens is 1. The smallest absolute Gasteiger partial charge is 0.289 e. The third kappa shape index (κ3) is 3.29. The molecular formula is C13H19ClN2O3. The van der Waals surface area contributed by atoms with E-state index in [-0.39, 0.29) is 29.5 Å². The summed E-state index contributed by atoms with van der Waals surface area (Å²) >= 11 is 5.67. The Morgan fingerprint density at radius 3 is 2.58 bits per heavy atom. The van der Waals surface area contributed by atoms with E-state index < -0.39 is 0 Å². The van der Waals surface area contributed by atoms with Gasteiger partial charge in [0, 0.05) is 32.2 Å². The summed E-state index contributed by atoms with van der Waals surface area (Å²) in [6.45, 7) is 5.07. The van der Waals surface area contributed by atoms with Gasteiger partial charge in [0.1, 0.15) is 0 Å². The number of hydrogen-bond donors (Lipinski definition) is 1. The Balaban J connectivity index is 1.91. The van der Waals surface area contributed by atoms with Gasteiger partial charge < -0.3 is 14.4 Å². The SMILES string of the molecule is CCC(CO)N1CCN(C(=O)c2ccc(Cl)o2)CC1. The molecule has 1 fully saturated rings. The van der Waals surface area contributed by atoms with Gasteiger partial charge in [0.25, 0.3) is 5.91 Å². The topological polar surface area (TPSA) is 56.9 Å². The third-order valence-corrected chi connectivity index (χ3v) is 3.79. The van der Waals surface area contributed by atoms with Crippen molar-refractivity contribution < 1.29 is 14.3 Å². The summed E-state index contributed by atoms with van der Waals surface area (Å²) in [5, 5.41) is 9.51. The van der Waals surface area contributed by atoms with Crippen LogP contribution in [0.3, 0.4) is 0 Å². The van der Waals surface area contributed by atoms with Gasteiger partial charge in [-0.3, -0.25) is 9.69 Å². The Morgan fingerprint density at radius 1 is 1.42 bits per heavy atom. The van der Waals surface area contributed by atoms with Gasteiger partial charge in [0.15, 0.2) is 11.0 Å². The molecule has 5 nitrogen and oxygen atoms in total. The number of piperazine rings is 1. The number of aliphatic hydroxyl groups is 1. The van der Waals surface area contributed by atoms with Crippen LogP contribution in [0.4, 0.5) is 0 Å². The second kappa shape index (κ2) is 6.41. The Hall–Kier alpha value is -1.04. The second-order valence-electron chi connectivity index (χ2n) is 4.68. The van der Waals surface area contributed by atoms with Crippen LogP contribution in [0.1, 0.15) is 23.9 Å². The first-order valence-electron chi connectivity index (χ1n) is 6.55. The fraction of sp³-hybridized carbons (Fsp3) is 0.615. The third-order valence-electron chi connectivity index (χ3n) is 3.58. The molecule has 1 unspecified atom stereocenters. The summed E-state index contributed by atoms with van der Waals surface area (Å²) in [4.78, 5) is 16.1. The molecule has 2 heterocycles. The fourth-order valence-corrected chi connectivity index (χ4v) is 2.52. The normalized spacial score (nSPS) is 18.6. The molecule has 1 atom stereocenters. The average molecular weight is 287 g/mol. The zero-order valence-electron chi connectivity index (χ0n) is 11.0. The minimum atomic E-state index is -0.122. The summed E-state index contributed by atoms with van der Waals surface area (Å²) < 4.78 is 5.14. The molecule has 0 bridgehead atoms. The van der Waals surface area contributed by atoms with Crippen LogP contribution in [-0.4, -0.2) is 59.6 Å². The van der Waals surface area contributed by atoms with Crippen molar-refractivity contribution in [2.75, 3.05) is 32.8 Å². The van der Waals surface area contributed by atoms with E-state index in [0.717, 1.165) is 19.5 Å². The van der Waals surface area contributed by atoms with E-state index in [9.17, 15) is 9.90 Å². The van der Waals surface area contributed by atoms with Gasteiger partial charge in [-0.15, -0.1) is 0 Å². The summed E-state index contributed by atoms with van der Waals surface area (Å²) in [7, 11) is 0. The summed E-state index contributed by atoms with van der Waals surface area (Å²) in [5.74, 6) is 0.163. The monoisotopic (exact) mass is 286 g/mol. The van der Waals surface area contributed by atoms with E-state index >= 15 is 0 Å². The molecule has 1 amide bonds. The summed E-state index contributed by atoms with van der Waals surface area (Å²) in [5.41, 5.74) is 0. The second-order valence-corrected chi connectivity index (χ2v) is 5.05. The van der Waals surface area contributed by atoms with Crippen molar-refractivity contribution in [2.45, 2.75) is 19.4 Å². The van der Waals surface area contributed by atoms with Crippen molar-refractivity contribution in [3.8, 4) is 0 Å². The molecule has 19 heavy (non-hydrogen) atoms. The Morgan fingerprint density at radius 2 is 2.11 bits per heavy atom. The van der Waals surface area contributed by atoms with Crippen LogP contribution < -0.4 is 0 Å². The van der Waals surface area contributed by atoms with Crippen molar-refractivity contribution in [2.24, 2.45) is 0 Å². The first kappa shape index (κ1) is 14.4. The van der Waals surface area contributed by atoms with Gasteiger partial charge >= 0.3 is 0 Å². The number of carbonyl (C=O) groups excluding carboxylic acids is 1. The van der Waals surface area contributed by atoms with E-state index in [0.29, 0.717) is 13.1 Å². The van der Waals surface area contributed by atoms with Crippen molar-refractivity contribution in [3.05, 3.63) is 23.1 Å². The van der Waals surface area contributed by atoms with Gasteiger partial charge in [-0.1, -0.05) is 6.92 Å². The predicted octanol–water partition coefficient (Wildman–Crippen LogP) is 1.46. The number of carbonyl (C=O) groups is 1. The van der Waals surface area contributed by atoms with E-state index in [2.05, 4.69) is 11.8 Å². The minimum absolute atomic E-state index is 0.122. The van der Waals surface area contributed by atoms with E-state index in [1.54, 1.807) is 17.0 Å². The van der Waals surface area contributed by atoms with Crippen LogP contribution in [0.2, 0.25) is 5.22 Å². The van der Waals surface area contributed by atoms with Gasteiger partial charge in [-0.2, -0.15) is 0 Å². The lowest BCUT2D eigenvalue weighted by atomic mass is 10.1. The number of amides is 1. The van der Waals surface area contributed by atoms with Crippen LogP contribution >= 0.6 is 11.6 Å². The maximum atomic E-state index is 12.1. The molecule has 1 N–H and O–H groups in total. The molecule has 1 aromatic rings. The van der Waals surface area contributed by atoms with Crippen molar-refractivity contribution in [1.29, 1.82) is 0 Å². The molecule has 0 saturated carbocycles. The predicted molar refractivity (Wildman–Crippen MR) is 72.4 cm³/mol. The van der Waals surface area contributed by atoms with Gasteiger partial charge in [-0.05, 0) is 30.2 Å². The van der Waals surface area contributed by atoms with E-state index in [1.165, 1.54) is 0 Å². The minimum Gasteiger partial charge on any atom is -0.440 e. The lowest BCUT2D eigenvalue weighted by molar-refractivity contribution is 0.0450. The number of aliphatic hydroxyl groups excluding tert-OH is 1. The molecule has 1 saturated heterocycles. The van der Waals surface area contributed by atoms with E-state index in [1.807, 2.05) is 0 Å². The van der Waals surface area contributed by atoms with Gasteiger partial charge in [0.05, 0.1) is 6.61 Å². The highest BCUT2D eigenvalue weighted by atomic mass is 35.5. The highest BCUT2D eigenvalue weighted by Gasteiger charge is 2.26. The standard InChI is InChI=1S/C13H19ClN2O3/c1-2-10(9-17)15-5-7-16(8-6-15)13(18)11-3-4-12(14)19-11/h3-4,10,17H,2,5-9H2,1H3. The maximum absolute atomic E-state index is 12.1. The highest BCUT2D eigenvalue weighted by molar-refractivity contribution is 6.29. The average Bonchev–Trinajstić information content (AvgIpc) is 2.87. The fourth-order valence-electron chi connectivity index (χ4n) is 2.38. The molecule has 0 spiro atoms. The zero-order valence-corrected chi connectivity index (χ0v) is 11.8. The first-order valence-corrected chi connectivity index (χ1v) is 6.93. The molecule has 1 aliphatic heterocycles. The number of nitrogens with zero attached hydrogens (tertiary/aromatic N) is 2. The summed E-state index contributed by atoms with van der Waals surface area (Å²) in [6.07, 6.45) is 0.915. The van der Waals surface area contributed by atoms with Crippen molar-refractivity contribution in [3.63, 3.8) is 0 Å². The van der Waals surface area contributed by atoms with Crippen LogP contribution in [-0.2, 0) is 0 Å². The molecule has 1 aromatic heterocycles. The number of hydrogen-bond acceptors (Lipinski definition) is 4. The lowest BCUT2D eigenvalue weighted by Gasteiger charge is -2.38. The molecule has 6 heteroatoms. The van der Waals surface area contributed by atoms with Crippen molar-refractivity contribution >= 4 is 17.5 Å². The largest absolute Gasteiger partial charge is 0.440 e. The van der Waals surface area contributed by atoms with Crippen LogP contribution in [0.15, 0.2) is 16.5 Å². The Kier molecular flexibility index (Phi) is 4.85. The molecule has 1 aliphatic rings. The van der Waals surface area contributed by atoms with Gasteiger partial charge in [-0.25, -0.2) is 0 Å².